The summed E-state index contributed by atoms with van der Waals surface area (Å²) >= 11 is 3.41. The van der Waals surface area contributed by atoms with E-state index in [9.17, 15) is 0 Å². The Hall–Kier alpha value is -1.46. The lowest BCUT2D eigenvalue weighted by atomic mass is 10.1. The Balaban J connectivity index is 2.09. The van der Waals surface area contributed by atoms with Gasteiger partial charge in [-0.2, -0.15) is 0 Å². The van der Waals surface area contributed by atoms with Gasteiger partial charge in [-0.1, -0.05) is 28.1 Å². The van der Waals surface area contributed by atoms with E-state index in [1.165, 1.54) is 0 Å². The van der Waals surface area contributed by atoms with Crippen molar-refractivity contribution < 1.29 is 0 Å². The number of aromatic nitrogens is 2. The van der Waals surface area contributed by atoms with Crippen molar-refractivity contribution >= 4 is 21.7 Å². The van der Waals surface area contributed by atoms with Gasteiger partial charge in [0.15, 0.2) is 0 Å². The zero-order valence-electron chi connectivity index (χ0n) is 10.1. The molecule has 0 amide bonds. The van der Waals surface area contributed by atoms with E-state index in [1.54, 1.807) is 0 Å². The molecule has 0 aliphatic carbocycles. The van der Waals surface area contributed by atoms with Crippen molar-refractivity contribution in [2.24, 2.45) is 5.73 Å². The molecule has 0 spiro atoms. The molecule has 1 aromatic carbocycles. The highest BCUT2D eigenvalue weighted by molar-refractivity contribution is 9.10. The molecule has 4 nitrogen and oxygen atoms in total. The maximum Gasteiger partial charge on any atom is 0.148 e. The van der Waals surface area contributed by atoms with Gasteiger partial charge in [0.25, 0.3) is 0 Å². The van der Waals surface area contributed by atoms with Crippen molar-refractivity contribution in [3.8, 4) is 11.3 Å². The summed E-state index contributed by atoms with van der Waals surface area (Å²) in [6.45, 7) is 2.63. The molecule has 1 aromatic heterocycles. The second kappa shape index (κ2) is 5.93. The van der Waals surface area contributed by atoms with Gasteiger partial charge in [0.05, 0.1) is 5.69 Å². The lowest BCUT2D eigenvalue weighted by Gasteiger charge is -2.07. The molecule has 0 saturated carbocycles. The van der Waals surface area contributed by atoms with Crippen LogP contribution in [0.25, 0.3) is 11.3 Å². The monoisotopic (exact) mass is 306 g/mol. The second-order valence-corrected chi connectivity index (χ2v) is 5.08. The molecule has 2 aromatic rings. The Kier molecular flexibility index (Phi) is 4.28. The Morgan fingerprint density at radius 1 is 1.17 bits per heavy atom. The van der Waals surface area contributed by atoms with E-state index >= 15 is 0 Å². The van der Waals surface area contributed by atoms with E-state index in [1.807, 2.05) is 43.3 Å². The van der Waals surface area contributed by atoms with E-state index in [0.717, 1.165) is 21.5 Å². The summed E-state index contributed by atoms with van der Waals surface area (Å²) < 4.78 is 1.05. The van der Waals surface area contributed by atoms with E-state index < -0.39 is 0 Å². The lowest BCUT2D eigenvalue weighted by molar-refractivity contribution is 0.775. The van der Waals surface area contributed by atoms with Gasteiger partial charge < -0.3 is 11.1 Å². The molecule has 0 bridgehead atoms. The minimum Gasteiger partial charge on any atom is -0.367 e. The van der Waals surface area contributed by atoms with Gasteiger partial charge in [0.2, 0.25) is 0 Å². The summed E-state index contributed by atoms with van der Waals surface area (Å²) in [5.74, 6) is 0.744. The second-order valence-electron chi connectivity index (χ2n) is 4.17. The number of anilines is 1. The smallest absolute Gasteiger partial charge is 0.148 e. The van der Waals surface area contributed by atoms with Crippen LogP contribution in [0.1, 0.15) is 6.92 Å². The van der Waals surface area contributed by atoms with Crippen LogP contribution in [-0.4, -0.2) is 22.8 Å². The number of hydrogen-bond donors (Lipinski definition) is 2. The molecule has 0 fully saturated rings. The molecule has 0 saturated heterocycles. The summed E-state index contributed by atoms with van der Waals surface area (Å²) in [6.07, 6.45) is 0. The highest BCUT2D eigenvalue weighted by Gasteiger charge is 2.01. The summed E-state index contributed by atoms with van der Waals surface area (Å²) in [6, 6.07) is 11.9. The first kappa shape index (κ1) is 13.0. The fourth-order valence-corrected chi connectivity index (χ4v) is 1.73. The van der Waals surface area contributed by atoms with Gasteiger partial charge in [-0.15, -0.1) is 10.2 Å². The van der Waals surface area contributed by atoms with Crippen LogP contribution in [0.3, 0.4) is 0 Å². The Bertz CT molecular complexity index is 493. The third kappa shape index (κ3) is 3.51. The average molecular weight is 307 g/mol. The number of rotatable bonds is 4. The van der Waals surface area contributed by atoms with Crippen molar-refractivity contribution in [3.05, 3.63) is 40.9 Å². The summed E-state index contributed by atoms with van der Waals surface area (Å²) in [4.78, 5) is 0. The number of hydrogen-bond acceptors (Lipinski definition) is 4. The predicted molar refractivity (Wildman–Crippen MR) is 77.3 cm³/mol. The van der Waals surface area contributed by atoms with E-state index in [2.05, 4.69) is 31.4 Å². The SMILES string of the molecule is CC(N)CNc1ccc(-c2ccc(Br)cc2)nn1. The molecule has 1 unspecified atom stereocenters. The number of benzene rings is 1. The Labute approximate surface area is 115 Å². The topological polar surface area (TPSA) is 63.8 Å². The van der Waals surface area contributed by atoms with Crippen LogP contribution in [0, 0.1) is 0 Å². The molecule has 3 N–H and O–H groups in total. The minimum atomic E-state index is 0.0953. The maximum atomic E-state index is 5.66. The maximum absolute atomic E-state index is 5.66. The third-order valence-electron chi connectivity index (χ3n) is 2.41. The largest absolute Gasteiger partial charge is 0.367 e. The van der Waals surface area contributed by atoms with Crippen molar-refractivity contribution in [3.63, 3.8) is 0 Å². The molecule has 0 radical (unpaired) electrons. The third-order valence-corrected chi connectivity index (χ3v) is 2.94. The molecule has 94 valence electrons. The molecule has 2 rings (SSSR count). The number of nitrogens with zero attached hydrogens (tertiary/aromatic N) is 2. The number of nitrogens with one attached hydrogen (secondary N) is 1. The minimum absolute atomic E-state index is 0.0953. The predicted octanol–water partition coefficient (Wildman–Crippen LogP) is 2.67. The fraction of sp³-hybridized carbons (Fsp3) is 0.231. The lowest BCUT2D eigenvalue weighted by Crippen LogP contribution is -2.25. The van der Waals surface area contributed by atoms with Gasteiger partial charge in [0, 0.05) is 22.6 Å². The molecule has 1 heterocycles. The van der Waals surface area contributed by atoms with Crippen molar-refractivity contribution in [2.75, 3.05) is 11.9 Å². The highest BCUT2D eigenvalue weighted by atomic mass is 79.9. The van der Waals surface area contributed by atoms with E-state index in [4.69, 9.17) is 5.73 Å². The quantitative estimate of drug-likeness (QED) is 0.911. The summed E-state index contributed by atoms with van der Waals surface area (Å²) in [7, 11) is 0. The average Bonchev–Trinajstić information content (AvgIpc) is 2.38. The first-order chi connectivity index (χ1) is 8.65. The first-order valence-corrected chi connectivity index (χ1v) is 6.53. The van der Waals surface area contributed by atoms with Crippen molar-refractivity contribution in [1.82, 2.24) is 10.2 Å². The van der Waals surface area contributed by atoms with Crippen LogP contribution in [0.4, 0.5) is 5.82 Å². The van der Waals surface area contributed by atoms with Gasteiger partial charge in [-0.05, 0) is 31.2 Å². The standard InChI is InChI=1S/C13H15BrN4/c1-9(15)8-16-13-7-6-12(17-18-13)10-2-4-11(14)5-3-10/h2-7,9H,8,15H2,1H3,(H,16,18). The molecular formula is C13H15BrN4. The van der Waals surface area contributed by atoms with Crippen LogP contribution < -0.4 is 11.1 Å². The van der Waals surface area contributed by atoms with Crippen LogP contribution in [-0.2, 0) is 0 Å². The highest BCUT2D eigenvalue weighted by Crippen LogP contribution is 2.19. The van der Waals surface area contributed by atoms with Gasteiger partial charge in [0.1, 0.15) is 5.82 Å². The Morgan fingerprint density at radius 2 is 1.89 bits per heavy atom. The van der Waals surface area contributed by atoms with Crippen molar-refractivity contribution in [1.29, 1.82) is 0 Å². The van der Waals surface area contributed by atoms with E-state index in [0.29, 0.717) is 6.54 Å². The van der Waals surface area contributed by atoms with E-state index in [-0.39, 0.29) is 6.04 Å². The van der Waals surface area contributed by atoms with Gasteiger partial charge >= 0.3 is 0 Å². The molecule has 18 heavy (non-hydrogen) atoms. The molecular weight excluding hydrogens is 292 g/mol. The summed E-state index contributed by atoms with van der Waals surface area (Å²) in [5, 5.41) is 11.4. The molecule has 0 aliphatic rings. The van der Waals surface area contributed by atoms with Gasteiger partial charge in [-0.3, -0.25) is 0 Å². The van der Waals surface area contributed by atoms with Crippen LogP contribution in [0.15, 0.2) is 40.9 Å². The molecule has 1 atom stereocenters. The molecule has 0 aliphatic heterocycles. The zero-order chi connectivity index (χ0) is 13.0. The van der Waals surface area contributed by atoms with Crippen LogP contribution in [0.5, 0.6) is 0 Å². The first-order valence-electron chi connectivity index (χ1n) is 5.74. The van der Waals surface area contributed by atoms with Crippen LogP contribution >= 0.6 is 15.9 Å². The van der Waals surface area contributed by atoms with Crippen molar-refractivity contribution in [2.45, 2.75) is 13.0 Å². The number of halogens is 1. The number of nitrogens with two attached hydrogens (primary N) is 1. The van der Waals surface area contributed by atoms with Gasteiger partial charge in [-0.25, -0.2) is 0 Å². The fourth-order valence-electron chi connectivity index (χ4n) is 1.47. The Morgan fingerprint density at radius 3 is 2.44 bits per heavy atom. The summed E-state index contributed by atoms with van der Waals surface area (Å²) in [5.41, 5.74) is 7.56. The normalized spacial score (nSPS) is 12.2. The van der Waals surface area contributed by atoms with Crippen LogP contribution in [0.2, 0.25) is 0 Å². The zero-order valence-corrected chi connectivity index (χ0v) is 11.7. The molecule has 5 heteroatoms.